The normalized spacial score (nSPS) is 12.3. The van der Waals surface area contributed by atoms with E-state index in [1.807, 2.05) is 6.92 Å². The molecule has 2 rings (SSSR count). The molecule has 0 spiro atoms. The molecule has 0 bridgehead atoms. The summed E-state index contributed by atoms with van der Waals surface area (Å²) in [6, 6.07) is 3.50. The fraction of sp³-hybridized carbons (Fsp3) is 0.417. The monoisotopic (exact) mass is 295 g/mol. The van der Waals surface area contributed by atoms with Crippen molar-refractivity contribution in [3.63, 3.8) is 0 Å². The fourth-order valence-corrected chi connectivity index (χ4v) is 2.33. The van der Waals surface area contributed by atoms with Gasteiger partial charge in [-0.2, -0.15) is 0 Å². The van der Waals surface area contributed by atoms with E-state index in [1.54, 1.807) is 19.1 Å². The molecule has 0 radical (unpaired) electrons. The van der Waals surface area contributed by atoms with Crippen LogP contribution in [0, 0.1) is 0 Å². The van der Waals surface area contributed by atoms with E-state index in [2.05, 4.69) is 15.5 Å². The molecule has 0 fully saturated rings. The average Bonchev–Trinajstić information content (AvgIpc) is 3.07. The second-order valence-electron chi connectivity index (χ2n) is 4.20. The Morgan fingerprint density at radius 1 is 1.60 bits per heavy atom. The highest BCUT2D eigenvalue weighted by Crippen LogP contribution is 2.24. The first-order valence-electron chi connectivity index (χ1n) is 6.32. The molecule has 8 heteroatoms. The lowest BCUT2D eigenvalue weighted by atomic mass is 10.4. The number of nitrogens with two attached hydrogens (primary N) is 1. The zero-order valence-corrected chi connectivity index (χ0v) is 12.2. The first kappa shape index (κ1) is 14.4. The van der Waals surface area contributed by atoms with E-state index < -0.39 is 0 Å². The highest BCUT2D eigenvalue weighted by molar-refractivity contribution is 8.00. The highest BCUT2D eigenvalue weighted by atomic mass is 32.2. The number of nitrogens with one attached hydrogen (secondary N) is 1. The van der Waals surface area contributed by atoms with Crippen molar-refractivity contribution < 1.29 is 9.21 Å². The highest BCUT2D eigenvalue weighted by Gasteiger charge is 2.20. The number of nitrogen functional groups attached to an aromatic ring is 1. The van der Waals surface area contributed by atoms with Crippen LogP contribution in [0.5, 0.6) is 0 Å². The van der Waals surface area contributed by atoms with Crippen LogP contribution < -0.4 is 11.2 Å². The van der Waals surface area contributed by atoms with Gasteiger partial charge >= 0.3 is 0 Å². The minimum atomic E-state index is -0.294. The van der Waals surface area contributed by atoms with Crippen molar-refractivity contribution in [3.8, 4) is 11.6 Å². The van der Waals surface area contributed by atoms with Crippen LogP contribution in [0.3, 0.4) is 0 Å². The summed E-state index contributed by atoms with van der Waals surface area (Å²) in [4.78, 5) is 11.8. The van der Waals surface area contributed by atoms with E-state index in [-0.39, 0.29) is 11.2 Å². The Bertz CT molecular complexity index is 566. The van der Waals surface area contributed by atoms with Crippen LogP contribution in [0.1, 0.15) is 20.3 Å². The largest absolute Gasteiger partial charge is 0.461 e. The van der Waals surface area contributed by atoms with Crippen molar-refractivity contribution in [2.75, 3.05) is 12.4 Å². The van der Waals surface area contributed by atoms with Gasteiger partial charge in [-0.05, 0) is 25.5 Å². The van der Waals surface area contributed by atoms with E-state index in [1.165, 1.54) is 22.7 Å². The third kappa shape index (κ3) is 3.13. The number of amides is 1. The Morgan fingerprint density at radius 3 is 3.05 bits per heavy atom. The van der Waals surface area contributed by atoms with Crippen molar-refractivity contribution in [3.05, 3.63) is 18.4 Å². The molecular weight excluding hydrogens is 278 g/mol. The van der Waals surface area contributed by atoms with Crippen LogP contribution in [0.15, 0.2) is 28.0 Å². The zero-order valence-electron chi connectivity index (χ0n) is 11.4. The Kier molecular flexibility index (Phi) is 4.67. The van der Waals surface area contributed by atoms with Crippen LogP contribution in [0.4, 0.5) is 0 Å². The van der Waals surface area contributed by atoms with Crippen molar-refractivity contribution in [1.29, 1.82) is 0 Å². The number of nitrogens with zero attached hydrogens (tertiary/aromatic N) is 3. The lowest BCUT2D eigenvalue weighted by molar-refractivity contribution is -0.120. The molecule has 2 aromatic heterocycles. The third-order valence-corrected chi connectivity index (χ3v) is 3.66. The Labute approximate surface area is 120 Å². The molecule has 0 aliphatic rings. The van der Waals surface area contributed by atoms with Crippen LogP contribution >= 0.6 is 11.8 Å². The molecule has 1 unspecified atom stereocenters. The second kappa shape index (κ2) is 6.47. The van der Waals surface area contributed by atoms with Gasteiger partial charge in [0.2, 0.25) is 16.9 Å². The summed E-state index contributed by atoms with van der Waals surface area (Å²) in [6.45, 7) is 4.47. The van der Waals surface area contributed by atoms with E-state index in [9.17, 15) is 4.79 Å². The quantitative estimate of drug-likeness (QED) is 0.615. The third-order valence-electron chi connectivity index (χ3n) is 2.61. The molecule has 20 heavy (non-hydrogen) atoms. The van der Waals surface area contributed by atoms with Crippen molar-refractivity contribution in [1.82, 2.24) is 20.2 Å². The summed E-state index contributed by atoms with van der Waals surface area (Å²) in [5, 5.41) is 11.0. The van der Waals surface area contributed by atoms with Gasteiger partial charge in [0.25, 0.3) is 0 Å². The molecule has 2 heterocycles. The molecule has 7 nitrogen and oxygen atoms in total. The maximum atomic E-state index is 11.8. The van der Waals surface area contributed by atoms with E-state index in [4.69, 9.17) is 10.3 Å². The van der Waals surface area contributed by atoms with Gasteiger partial charge in [-0.15, -0.1) is 10.2 Å². The van der Waals surface area contributed by atoms with Gasteiger partial charge < -0.3 is 15.6 Å². The predicted molar refractivity (Wildman–Crippen MR) is 76.5 cm³/mol. The topological polar surface area (TPSA) is 99.0 Å². The molecule has 0 aliphatic carbocycles. The lowest BCUT2D eigenvalue weighted by Gasteiger charge is -2.10. The molecule has 1 atom stereocenters. The van der Waals surface area contributed by atoms with Crippen LogP contribution in [-0.2, 0) is 4.79 Å². The summed E-state index contributed by atoms with van der Waals surface area (Å²) < 4.78 is 6.55. The number of aromatic nitrogens is 3. The summed E-state index contributed by atoms with van der Waals surface area (Å²) in [5.74, 6) is 6.85. The van der Waals surface area contributed by atoms with Crippen LogP contribution in [0.25, 0.3) is 11.6 Å². The first-order chi connectivity index (χ1) is 9.63. The van der Waals surface area contributed by atoms with E-state index in [0.29, 0.717) is 23.3 Å². The number of carbonyl (C=O) groups excluding carboxylic acids is 1. The molecule has 2 aromatic rings. The summed E-state index contributed by atoms with van der Waals surface area (Å²) in [5.41, 5.74) is 0. The SMILES string of the molecule is CCCNC(=O)C(C)Sc1nnc(-c2ccco2)n1N. The van der Waals surface area contributed by atoms with Crippen molar-refractivity contribution in [2.45, 2.75) is 30.7 Å². The molecular formula is C12H17N5O2S. The van der Waals surface area contributed by atoms with Gasteiger partial charge in [0.1, 0.15) is 0 Å². The minimum Gasteiger partial charge on any atom is -0.461 e. The number of carbonyl (C=O) groups is 1. The van der Waals surface area contributed by atoms with Gasteiger partial charge in [0, 0.05) is 6.54 Å². The maximum absolute atomic E-state index is 11.8. The molecule has 0 saturated carbocycles. The van der Waals surface area contributed by atoms with Gasteiger partial charge in [0.15, 0.2) is 5.76 Å². The predicted octanol–water partition coefficient (Wildman–Crippen LogP) is 1.26. The maximum Gasteiger partial charge on any atom is 0.233 e. The van der Waals surface area contributed by atoms with Gasteiger partial charge in [-0.3, -0.25) is 4.79 Å². The Morgan fingerprint density at radius 2 is 2.40 bits per heavy atom. The second-order valence-corrected chi connectivity index (χ2v) is 5.51. The van der Waals surface area contributed by atoms with Gasteiger partial charge in [-0.1, -0.05) is 18.7 Å². The molecule has 1 amide bonds. The lowest BCUT2D eigenvalue weighted by Crippen LogP contribution is -2.31. The molecule has 0 aromatic carbocycles. The summed E-state index contributed by atoms with van der Waals surface area (Å²) in [7, 11) is 0. The number of hydrogen-bond acceptors (Lipinski definition) is 6. The average molecular weight is 295 g/mol. The van der Waals surface area contributed by atoms with Crippen molar-refractivity contribution in [2.24, 2.45) is 0 Å². The number of thioether (sulfide) groups is 1. The minimum absolute atomic E-state index is 0.0422. The van der Waals surface area contributed by atoms with Crippen molar-refractivity contribution >= 4 is 17.7 Å². The summed E-state index contributed by atoms with van der Waals surface area (Å²) >= 11 is 1.26. The summed E-state index contributed by atoms with van der Waals surface area (Å²) in [6.07, 6.45) is 2.44. The van der Waals surface area contributed by atoms with Gasteiger partial charge in [0.05, 0.1) is 11.5 Å². The number of rotatable bonds is 6. The van der Waals surface area contributed by atoms with E-state index >= 15 is 0 Å². The molecule has 108 valence electrons. The van der Waals surface area contributed by atoms with E-state index in [0.717, 1.165) is 6.42 Å². The smallest absolute Gasteiger partial charge is 0.233 e. The van der Waals surface area contributed by atoms with Crippen LogP contribution in [-0.4, -0.2) is 32.6 Å². The Hall–Kier alpha value is -1.96. The molecule has 3 N–H and O–H groups in total. The fourth-order valence-electron chi connectivity index (χ4n) is 1.53. The zero-order chi connectivity index (χ0) is 14.5. The number of hydrogen-bond donors (Lipinski definition) is 2. The Balaban J connectivity index is 2.05. The standard InChI is InChI=1S/C12H17N5O2S/c1-3-6-14-11(18)8(2)20-12-16-15-10(17(12)13)9-5-4-7-19-9/h4-5,7-8H,3,6,13H2,1-2H3,(H,14,18). The molecule has 0 aliphatic heterocycles. The van der Waals surface area contributed by atoms with Crippen LogP contribution in [0.2, 0.25) is 0 Å². The van der Waals surface area contributed by atoms with Gasteiger partial charge in [-0.25, -0.2) is 4.68 Å². The molecule has 0 saturated heterocycles. The first-order valence-corrected chi connectivity index (χ1v) is 7.20. The number of furan rings is 1.